The number of alkyl halides is 12. The van der Waals surface area contributed by atoms with Gasteiger partial charge in [-0.3, -0.25) is 0 Å². The minimum absolute atomic E-state index is 0.0140. The second kappa shape index (κ2) is 14.9. The van der Waals surface area contributed by atoms with Crippen LogP contribution >= 0.6 is 0 Å². The average molecular weight is 882 g/mol. The highest BCUT2D eigenvalue weighted by molar-refractivity contribution is 6.12. The molecule has 8 aromatic rings. The Morgan fingerprint density at radius 1 is 0.349 bits per heavy atom. The fourth-order valence-electron chi connectivity index (χ4n) is 7.42. The molecule has 0 bridgehead atoms. The van der Waals surface area contributed by atoms with Crippen molar-refractivity contribution < 1.29 is 52.7 Å². The van der Waals surface area contributed by atoms with E-state index in [1.54, 1.807) is 50.5 Å². The van der Waals surface area contributed by atoms with Gasteiger partial charge in [-0.2, -0.15) is 52.7 Å². The van der Waals surface area contributed by atoms with Crippen molar-refractivity contribution in [1.29, 1.82) is 0 Å². The fraction of sp³-hybridized carbons (Fsp3) is 0.182. The van der Waals surface area contributed by atoms with E-state index in [9.17, 15) is 52.7 Å². The van der Waals surface area contributed by atoms with Crippen LogP contribution in [-0.4, -0.2) is 34.5 Å². The van der Waals surface area contributed by atoms with Gasteiger partial charge in [0, 0.05) is 21.9 Å². The zero-order valence-corrected chi connectivity index (χ0v) is 32.8. The highest BCUT2D eigenvalue weighted by Gasteiger charge is 2.38. The van der Waals surface area contributed by atoms with Crippen LogP contribution in [0.5, 0.6) is 0 Å². The second-order valence-corrected chi connectivity index (χ2v) is 14.6. The predicted octanol–water partition coefficient (Wildman–Crippen LogP) is 13.1. The third kappa shape index (κ3) is 8.38. The lowest BCUT2D eigenvalue weighted by Crippen LogP contribution is -2.11. The van der Waals surface area contributed by atoms with Crippen LogP contribution in [0.2, 0.25) is 0 Å². The SMILES string of the molecule is Cc1nc(C)nc(-c2ccc(-n3c4ccc(-c5cc(C(F)(F)F)cc(C(F)(F)F)c5)cc4c4cc(-c5cc(C(F)(F)F)cc(C(F)(F)F)c5)ccc43)c(-c3nc(C)nc(C)n3)c2)n1. The normalized spacial score (nSPS) is 12.8. The smallest absolute Gasteiger partial charge is 0.308 e. The zero-order chi connectivity index (χ0) is 45.6. The summed E-state index contributed by atoms with van der Waals surface area (Å²) in [4.78, 5) is 26.6. The molecule has 0 amide bonds. The van der Waals surface area contributed by atoms with E-state index in [1.165, 1.54) is 36.4 Å². The number of halogens is 12. The first-order valence-corrected chi connectivity index (χ1v) is 18.6. The first kappa shape index (κ1) is 42.8. The third-order valence-corrected chi connectivity index (χ3v) is 10.1. The number of hydrogen-bond acceptors (Lipinski definition) is 6. The number of nitrogens with zero attached hydrogens (tertiary/aromatic N) is 7. The highest BCUT2D eigenvalue weighted by atomic mass is 19.4. The molecular weight excluding hydrogens is 855 g/mol. The van der Waals surface area contributed by atoms with Crippen LogP contribution < -0.4 is 0 Å². The van der Waals surface area contributed by atoms with Gasteiger partial charge in [0.05, 0.1) is 39.0 Å². The number of rotatable bonds is 5. The number of aryl methyl sites for hydroxylation is 4. The van der Waals surface area contributed by atoms with Crippen molar-refractivity contribution in [2.75, 3.05) is 0 Å². The Morgan fingerprint density at radius 3 is 1.06 bits per heavy atom. The molecule has 0 unspecified atom stereocenters. The second-order valence-electron chi connectivity index (χ2n) is 14.6. The lowest BCUT2D eigenvalue weighted by Gasteiger charge is -2.16. The molecule has 0 N–H and O–H groups in total. The molecule has 0 aliphatic rings. The van der Waals surface area contributed by atoms with Crippen molar-refractivity contribution in [3.63, 3.8) is 0 Å². The molecule has 5 aromatic carbocycles. The van der Waals surface area contributed by atoms with Crippen molar-refractivity contribution in [2.45, 2.75) is 52.4 Å². The summed E-state index contributed by atoms with van der Waals surface area (Å²) in [5, 5.41) is 0.334. The summed E-state index contributed by atoms with van der Waals surface area (Å²) in [5.41, 5.74) is -5.63. The summed E-state index contributed by atoms with van der Waals surface area (Å²) in [5.74, 6) is 2.01. The largest absolute Gasteiger partial charge is 0.416 e. The van der Waals surface area contributed by atoms with E-state index in [2.05, 4.69) is 29.9 Å². The van der Waals surface area contributed by atoms with Gasteiger partial charge in [0.2, 0.25) is 0 Å². The molecular formula is C44H27F12N7. The van der Waals surface area contributed by atoms with Gasteiger partial charge in [0.15, 0.2) is 11.6 Å². The maximum absolute atomic E-state index is 14.0. The van der Waals surface area contributed by atoms with Crippen molar-refractivity contribution in [3.8, 4) is 50.7 Å². The van der Waals surface area contributed by atoms with E-state index >= 15 is 0 Å². The van der Waals surface area contributed by atoms with E-state index in [1.807, 2.05) is 0 Å². The van der Waals surface area contributed by atoms with E-state index in [-0.39, 0.29) is 50.9 Å². The number of hydrogen-bond donors (Lipinski definition) is 0. The lowest BCUT2D eigenvalue weighted by atomic mass is 9.96. The molecule has 0 saturated carbocycles. The van der Waals surface area contributed by atoms with Gasteiger partial charge < -0.3 is 4.57 Å². The topological polar surface area (TPSA) is 82.3 Å². The predicted molar refractivity (Wildman–Crippen MR) is 208 cm³/mol. The summed E-state index contributed by atoms with van der Waals surface area (Å²) in [6.07, 6.45) is -20.7. The van der Waals surface area contributed by atoms with Crippen LogP contribution in [0.15, 0.2) is 91.0 Å². The molecule has 0 fully saturated rings. The van der Waals surface area contributed by atoms with Gasteiger partial charge in [-0.15, -0.1) is 0 Å². The minimum Gasteiger partial charge on any atom is -0.308 e. The summed E-state index contributed by atoms with van der Waals surface area (Å²) >= 11 is 0. The highest BCUT2D eigenvalue weighted by Crippen LogP contribution is 2.44. The number of benzene rings is 5. The Hall–Kier alpha value is -6.92. The summed E-state index contributed by atoms with van der Waals surface area (Å²) in [6, 6.07) is 15.3. The maximum atomic E-state index is 14.0. The van der Waals surface area contributed by atoms with Crippen LogP contribution in [0, 0.1) is 27.7 Å². The van der Waals surface area contributed by atoms with E-state index in [0.717, 1.165) is 0 Å². The van der Waals surface area contributed by atoms with Gasteiger partial charge in [0.25, 0.3) is 0 Å². The standard InChI is InChI=1S/C44H27F12N7/c1-20-57-21(2)60-39(59-20)26-7-10-38(35(17-26)40-61-22(3)58-23(4)62-40)63-36-8-5-24(27-11-29(41(45,46)47)18-30(12-27)42(48,49)50)15-33(36)34-16-25(6-9-37(34)63)28-13-31(43(51,52)53)19-32(14-28)44(54,55)56/h5-19H,1-4H3. The molecule has 3 aromatic heterocycles. The Labute approximate surface area is 348 Å². The zero-order valence-electron chi connectivity index (χ0n) is 32.8. The van der Waals surface area contributed by atoms with Crippen molar-refractivity contribution in [2.24, 2.45) is 0 Å². The first-order valence-electron chi connectivity index (χ1n) is 18.6. The molecule has 0 radical (unpaired) electrons. The molecule has 19 heteroatoms. The number of aromatic nitrogens is 7. The van der Waals surface area contributed by atoms with Crippen molar-refractivity contribution in [3.05, 3.63) is 137 Å². The molecule has 0 aliphatic heterocycles. The van der Waals surface area contributed by atoms with Crippen LogP contribution in [0.1, 0.15) is 45.6 Å². The Bertz CT molecular complexity index is 2890. The summed E-state index contributed by atoms with van der Waals surface area (Å²) in [6.45, 7) is 6.64. The molecule has 322 valence electrons. The third-order valence-electron chi connectivity index (χ3n) is 10.1. The first-order chi connectivity index (χ1) is 29.3. The summed E-state index contributed by atoms with van der Waals surface area (Å²) in [7, 11) is 0. The van der Waals surface area contributed by atoms with Crippen LogP contribution in [0.25, 0.3) is 72.5 Å². The van der Waals surface area contributed by atoms with Gasteiger partial charge in [-0.05, 0) is 129 Å². The molecule has 3 heterocycles. The molecule has 0 atom stereocenters. The minimum atomic E-state index is -5.17. The number of fused-ring (bicyclic) bond motifs is 3. The van der Waals surface area contributed by atoms with Crippen LogP contribution in [0.4, 0.5) is 52.7 Å². The fourth-order valence-corrected chi connectivity index (χ4v) is 7.42. The Balaban J connectivity index is 1.46. The van der Waals surface area contributed by atoms with Gasteiger partial charge in [0.1, 0.15) is 23.3 Å². The van der Waals surface area contributed by atoms with Gasteiger partial charge in [-0.1, -0.05) is 12.1 Å². The Morgan fingerprint density at radius 2 is 0.698 bits per heavy atom. The van der Waals surface area contributed by atoms with E-state index < -0.39 is 58.1 Å². The van der Waals surface area contributed by atoms with Crippen molar-refractivity contribution in [1.82, 2.24) is 34.5 Å². The van der Waals surface area contributed by atoms with Crippen LogP contribution in [-0.2, 0) is 24.7 Å². The molecule has 0 spiro atoms. The molecule has 0 aliphatic carbocycles. The quantitative estimate of drug-likeness (QED) is 0.160. The van der Waals surface area contributed by atoms with E-state index in [0.29, 0.717) is 70.2 Å². The van der Waals surface area contributed by atoms with Crippen molar-refractivity contribution >= 4 is 21.8 Å². The van der Waals surface area contributed by atoms with Gasteiger partial charge in [-0.25, -0.2) is 29.9 Å². The molecule has 7 nitrogen and oxygen atoms in total. The summed E-state index contributed by atoms with van der Waals surface area (Å²) < 4.78 is 169. The lowest BCUT2D eigenvalue weighted by molar-refractivity contribution is -0.144. The van der Waals surface area contributed by atoms with Crippen LogP contribution in [0.3, 0.4) is 0 Å². The molecule has 8 rings (SSSR count). The average Bonchev–Trinajstić information content (AvgIpc) is 3.51. The maximum Gasteiger partial charge on any atom is 0.416 e. The molecule has 0 saturated heterocycles. The molecule has 63 heavy (non-hydrogen) atoms. The van der Waals surface area contributed by atoms with Gasteiger partial charge >= 0.3 is 24.7 Å². The van der Waals surface area contributed by atoms with E-state index in [4.69, 9.17) is 0 Å². The monoisotopic (exact) mass is 881 g/mol. The Kier molecular flexibility index (Phi) is 10.1.